The molecular weight excluding hydrogens is 252 g/mol. The van der Waals surface area contributed by atoms with E-state index in [0.29, 0.717) is 12.1 Å². The molecule has 1 aliphatic rings. The maximum absolute atomic E-state index is 12.1. The number of nitrogens with zero attached hydrogens (tertiary/aromatic N) is 1. The molecule has 2 N–H and O–H groups in total. The predicted molar refractivity (Wildman–Crippen MR) is 71.0 cm³/mol. The summed E-state index contributed by atoms with van der Waals surface area (Å²) >= 11 is 0. The van der Waals surface area contributed by atoms with Crippen LogP contribution in [0.3, 0.4) is 0 Å². The Bertz CT molecular complexity index is 551. The molecule has 0 saturated carbocycles. The molecule has 1 saturated heterocycles. The van der Waals surface area contributed by atoms with Crippen molar-refractivity contribution in [3.63, 3.8) is 0 Å². The van der Waals surface area contributed by atoms with Crippen molar-refractivity contribution in [1.29, 1.82) is 0 Å². The van der Waals surface area contributed by atoms with E-state index in [9.17, 15) is 13.2 Å². The highest BCUT2D eigenvalue weighted by molar-refractivity contribution is 7.91. The van der Waals surface area contributed by atoms with Crippen LogP contribution in [0.2, 0.25) is 0 Å². The molecule has 1 aromatic carbocycles. The Labute approximate surface area is 107 Å². The van der Waals surface area contributed by atoms with E-state index in [0.717, 1.165) is 5.69 Å². The molecule has 2 rings (SSSR count). The smallest absolute Gasteiger partial charge is 0.230 e. The molecular formula is C12H16N2O3S. The standard InChI is InChI=1S/C12H16N2O3S/c1-14(11-4-2-10(13)3-5-11)12(15)9-6-7-18(16,17)8-9/h2-5,9H,6-8,13H2,1H3. The zero-order valence-electron chi connectivity index (χ0n) is 10.2. The van der Waals surface area contributed by atoms with E-state index in [1.165, 1.54) is 4.90 Å². The molecule has 0 aliphatic carbocycles. The minimum atomic E-state index is -3.03. The number of amides is 1. The summed E-state index contributed by atoms with van der Waals surface area (Å²) in [5, 5.41) is 0. The van der Waals surface area contributed by atoms with E-state index < -0.39 is 15.8 Å². The summed E-state index contributed by atoms with van der Waals surface area (Å²) in [5.74, 6) is -0.497. The Kier molecular flexibility index (Phi) is 3.30. The van der Waals surface area contributed by atoms with Crippen molar-refractivity contribution in [2.24, 2.45) is 5.92 Å². The number of hydrogen-bond acceptors (Lipinski definition) is 4. The third-order valence-corrected chi connectivity index (χ3v) is 4.96. The molecule has 1 aromatic rings. The maximum atomic E-state index is 12.1. The number of carbonyl (C=O) groups excluding carboxylic acids is 1. The number of anilines is 2. The van der Waals surface area contributed by atoms with E-state index >= 15 is 0 Å². The van der Waals surface area contributed by atoms with Crippen molar-refractivity contribution in [2.45, 2.75) is 6.42 Å². The summed E-state index contributed by atoms with van der Waals surface area (Å²) in [6.45, 7) is 0. The van der Waals surface area contributed by atoms with Crippen LogP contribution in [-0.2, 0) is 14.6 Å². The molecule has 0 bridgehead atoms. The molecule has 0 aromatic heterocycles. The van der Waals surface area contributed by atoms with Gasteiger partial charge in [-0.05, 0) is 30.7 Å². The molecule has 1 unspecified atom stereocenters. The van der Waals surface area contributed by atoms with Gasteiger partial charge in [0.05, 0.1) is 17.4 Å². The average molecular weight is 268 g/mol. The number of benzene rings is 1. The van der Waals surface area contributed by atoms with Crippen LogP contribution in [-0.4, -0.2) is 32.9 Å². The fourth-order valence-corrected chi connectivity index (χ4v) is 3.82. The van der Waals surface area contributed by atoms with Crippen molar-refractivity contribution < 1.29 is 13.2 Å². The van der Waals surface area contributed by atoms with Gasteiger partial charge in [0.15, 0.2) is 9.84 Å². The lowest BCUT2D eigenvalue weighted by atomic mass is 10.1. The summed E-state index contributed by atoms with van der Waals surface area (Å²) < 4.78 is 22.7. The van der Waals surface area contributed by atoms with Gasteiger partial charge in [-0.15, -0.1) is 0 Å². The Morgan fingerprint density at radius 1 is 1.33 bits per heavy atom. The van der Waals surface area contributed by atoms with Crippen molar-refractivity contribution in [1.82, 2.24) is 0 Å². The van der Waals surface area contributed by atoms with Gasteiger partial charge in [-0.2, -0.15) is 0 Å². The summed E-state index contributed by atoms with van der Waals surface area (Å²) in [6, 6.07) is 6.92. The second-order valence-corrected chi connectivity index (χ2v) is 6.82. The van der Waals surface area contributed by atoms with Crippen LogP contribution in [0.4, 0.5) is 11.4 Å². The molecule has 6 heteroatoms. The molecule has 18 heavy (non-hydrogen) atoms. The van der Waals surface area contributed by atoms with Gasteiger partial charge in [0.1, 0.15) is 0 Å². The van der Waals surface area contributed by atoms with Crippen LogP contribution in [0.1, 0.15) is 6.42 Å². The van der Waals surface area contributed by atoms with Gasteiger partial charge in [-0.3, -0.25) is 4.79 Å². The average Bonchev–Trinajstić information content (AvgIpc) is 2.69. The van der Waals surface area contributed by atoms with E-state index in [1.807, 2.05) is 0 Å². The van der Waals surface area contributed by atoms with E-state index in [1.54, 1.807) is 31.3 Å². The topological polar surface area (TPSA) is 80.5 Å². The monoisotopic (exact) mass is 268 g/mol. The van der Waals surface area contributed by atoms with Gasteiger partial charge in [-0.1, -0.05) is 0 Å². The number of sulfone groups is 1. The van der Waals surface area contributed by atoms with Crippen molar-refractivity contribution >= 4 is 27.1 Å². The first kappa shape index (κ1) is 12.9. The van der Waals surface area contributed by atoms with Gasteiger partial charge in [0, 0.05) is 18.4 Å². The van der Waals surface area contributed by atoms with Crippen molar-refractivity contribution in [3.8, 4) is 0 Å². The quantitative estimate of drug-likeness (QED) is 0.799. The van der Waals surface area contributed by atoms with Crippen LogP contribution >= 0.6 is 0 Å². The lowest BCUT2D eigenvalue weighted by Gasteiger charge is -2.20. The zero-order valence-corrected chi connectivity index (χ0v) is 11.0. The molecule has 0 radical (unpaired) electrons. The zero-order chi connectivity index (χ0) is 13.3. The highest BCUT2D eigenvalue weighted by Crippen LogP contribution is 2.23. The molecule has 98 valence electrons. The van der Waals surface area contributed by atoms with Crippen LogP contribution in [0.25, 0.3) is 0 Å². The van der Waals surface area contributed by atoms with Gasteiger partial charge in [0.25, 0.3) is 0 Å². The molecule has 1 amide bonds. The predicted octanol–water partition coefficient (Wildman–Crippen LogP) is 0.666. The van der Waals surface area contributed by atoms with E-state index in [4.69, 9.17) is 5.73 Å². The molecule has 5 nitrogen and oxygen atoms in total. The highest BCUT2D eigenvalue weighted by atomic mass is 32.2. The second-order valence-electron chi connectivity index (χ2n) is 4.59. The Balaban J connectivity index is 2.12. The molecule has 1 fully saturated rings. The third kappa shape index (κ3) is 2.64. The van der Waals surface area contributed by atoms with Crippen LogP contribution in [0.15, 0.2) is 24.3 Å². The van der Waals surface area contributed by atoms with Gasteiger partial charge in [-0.25, -0.2) is 8.42 Å². The van der Waals surface area contributed by atoms with Crippen molar-refractivity contribution in [3.05, 3.63) is 24.3 Å². The second kappa shape index (κ2) is 4.61. The highest BCUT2D eigenvalue weighted by Gasteiger charge is 2.34. The largest absolute Gasteiger partial charge is 0.399 e. The summed E-state index contributed by atoms with van der Waals surface area (Å²) in [5.41, 5.74) is 6.93. The number of nitrogen functional groups attached to an aromatic ring is 1. The lowest BCUT2D eigenvalue weighted by Crippen LogP contribution is -2.33. The molecule has 1 heterocycles. The van der Waals surface area contributed by atoms with Crippen LogP contribution < -0.4 is 10.6 Å². The Hall–Kier alpha value is -1.56. The maximum Gasteiger partial charge on any atom is 0.230 e. The first-order chi connectivity index (χ1) is 8.39. The number of rotatable bonds is 2. The minimum absolute atomic E-state index is 0.0366. The SMILES string of the molecule is CN(C(=O)C1CCS(=O)(=O)C1)c1ccc(N)cc1. The third-order valence-electron chi connectivity index (χ3n) is 3.19. The van der Waals surface area contributed by atoms with E-state index in [-0.39, 0.29) is 17.4 Å². The fourth-order valence-electron chi connectivity index (χ4n) is 2.09. The first-order valence-electron chi connectivity index (χ1n) is 5.72. The Morgan fingerprint density at radius 3 is 2.44 bits per heavy atom. The summed E-state index contributed by atoms with van der Waals surface area (Å²) in [7, 11) is -1.38. The van der Waals surface area contributed by atoms with E-state index in [2.05, 4.69) is 0 Å². The lowest BCUT2D eigenvalue weighted by molar-refractivity contribution is -0.121. The van der Waals surface area contributed by atoms with Gasteiger partial charge in [0.2, 0.25) is 5.91 Å². The normalized spacial score (nSPS) is 21.7. The Morgan fingerprint density at radius 2 is 1.94 bits per heavy atom. The molecule has 1 aliphatic heterocycles. The van der Waals surface area contributed by atoms with Gasteiger partial charge >= 0.3 is 0 Å². The fraction of sp³-hybridized carbons (Fsp3) is 0.417. The van der Waals surface area contributed by atoms with Gasteiger partial charge < -0.3 is 10.6 Å². The number of hydrogen-bond donors (Lipinski definition) is 1. The minimum Gasteiger partial charge on any atom is -0.399 e. The van der Waals surface area contributed by atoms with Crippen LogP contribution in [0.5, 0.6) is 0 Å². The number of nitrogens with two attached hydrogens (primary N) is 1. The van der Waals surface area contributed by atoms with Crippen LogP contribution in [0, 0.1) is 5.92 Å². The summed E-state index contributed by atoms with van der Waals surface area (Å²) in [4.78, 5) is 13.6. The molecule has 0 spiro atoms. The number of carbonyl (C=O) groups is 1. The first-order valence-corrected chi connectivity index (χ1v) is 7.55. The molecule has 1 atom stereocenters. The summed E-state index contributed by atoms with van der Waals surface area (Å²) in [6.07, 6.45) is 0.417. The van der Waals surface area contributed by atoms with Crippen molar-refractivity contribution in [2.75, 3.05) is 29.2 Å².